The number of piperidine rings is 1. The highest BCUT2D eigenvalue weighted by molar-refractivity contribution is 7.09. The molecule has 0 saturated carbocycles. The fourth-order valence-electron chi connectivity index (χ4n) is 3.01. The van der Waals surface area contributed by atoms with Gasteiger partial charge in [0.05, 0.1) is 22.8 Å². The van der Waals surface area contributed by atoms with Gasteiger partial charge in [-0.05, 0) is 26.7 Å². The number of amides is 1. The predicted molar refractivity (Wildman–Crippen MR) is 88.7 cm³/mol. The highest BCUT2D eigenvalue weighted by Crippen LogP contribution is 2.25. The van der Waals surface area contributed by atoms with Crippen molar-refractivity contribution < 1.29 is 4.79 Å². The van der Waals surface area contributed by atoms with Crippen molar-refractivity contribution in [3.8, 4) is 0 Å². The maximum absolute atomic E-state index is 12.5. The standard InChI is InChI=1S/C16H20N4O2S/c1-10-17-14(7-15(21)18-10)12-4-3-5-20(8-12)16(22)6-13-9-23-11(2)19-13/h7,9,12H,3-6,8H2,1-2H3,(H,17,18,21). The lowest BCUT2D eigenvalue weighted by molar-refractivity contribution is -0.131. The van der Waals surface area contributed by atoms with Crippen LogP contribution in [0.1, 0.15) is 41.0 Å². The number of hydrogen-bond acceptors (Lipinski definition) is 5. The Balaban J connectivity index is 1.70. The topological polar surface area (TPSA) is 79.0 Å². The lowest BCUT2D eigenvalue weighted by atomic mass is 9.94. The summed E-state index contributed by atoms with van der Waals surface area (Å²) in [5, 5.41) is 2.92. The molecule has 1 fully saturated rings. The van der Waals surface area contributed by atoms with Crippen molar-refractivity contribution in [2.45, 2.75) is 39.0 Å². The van der Waals surface area contributed by atoms with E-state index in [9.17, 15) is 9.59 Å². The van der Waals surface area contributed by atoms with Crippen molar-refractivity contribution in [1.82, 2.24) is 19.9 Å². The Labute approximate surface area is 138 Å². The third-order valence-corrected chi connectivity index (χ3v) is 4.89. The molecule has 6 nitrogen and oxygen atoms in total. The lowest BCUT2D eigenvalue weighted by Gasteiger charge is -2.32. The van der Waals surface area contributed by atoms with Crippen LogP contribution in [-0.2, 0) is 11.2 Å². The summed E-state index contributed by atoms with van der Waals surface area (Å²) in [5.41, 5.74) is 1.49. The molecule has 0 spiro atoms. The van der Waals surface area contributed by atoms with Gasteiger partial charge in [0.2, 0.25) is 5.91 Å². The molecule has 0 aromatic carbocycles. The summed E-state index contributed by atoms with van der Waals surface area (Å²) in [6, 6.07) is 1.55. The van der Waals surface area contributed by atoms with Crippen LogP contribution in [0, 0.1) is 13.8 Å². The second-order valence-corrected chi connectivity index (χ2v) is 7.03. The van der Waals surface area contributed by atoms with Crippen molar-refractivity contribution in [2.75, 3.05) is 13.1 Å². The zero-order valence-corrected chi connectivity index (χ0v) is 14.2. The van der Waals surface area contributed by atoms with Gasteiger partial charge in [-0.2, -0.15) is 0 Å². The Hall–Kier alpha value is -2.02. The molecule has 3 rings (SSSR count). The summed E-state index contributed by atoms with van der Waals surface area (Å²) < 4.78 is 0. The number of nitrogens with zero attached hydrogens (tertiary/aromatic N) is 3. The minimum atomic E-state index is -0.131. The van der Waals surface area contributed by atoms with Crippen molar-refractivity contribution in [1.29, 1.82) is 0 Å². The molecule has 1 saturated heterocycles. The number of aromatic nitrogens is 3. The van der Waals surface area contributed by atoms with Crippen molar-refractivity contribution in [3.63, 3.8) is 0 Å². The maximum atomic E-state index is 12.5. The minimum Gasteiger partial charge on any atom is -0.342 e. The number of likely N-dealkylation sites (tertiary alicyclic amines) is 1. The quantitative estimate of drug-likeness (QED) is 0.929. The third kappa shape index (κ3) is 3.85. The first kappa shape index (κ1) is 15.9. The number of nitrogens with one attached hydrogen (secondary N) is 1. The lowest BCUT2D eigenvalue weighted by Crippen LogP contribution is -2.40. The Bertz CT molecular complexity index is 767. The highest BCUT2D eigenvalue weighted by atomic mass is 32.1. The molecule has 1 atom stereocenters. The summed E-state index contributed by atoms with van der Waals surface area (Å²) >= 11 is 1.56. The molecule has 3 heterocycles. The fourth-order valence-corrected chi connectivity index (χ4v) is 3.63. The molecule has 0 radical (unpaired) electrons. The van der Waals surface area contributed by atoms with Gasteiger partial charge in [-0.3, -0.25) is 9.59 Å². The van der Waals surface area contributed by atoms with Crippen LogP contribution in [-0.4, -0.2) is 38.8 Å². The largest absolute Gasteiger partial charge is 0.342 e. The monoisotopic (exact) mass is 332 g/mol. The van der Waals surface area contributed by atoms with Crippen LogP contribution >= 0.6 is 11.3 Å². The number of aromatic amines is 1. The van der Waals surface area contributed by atoms with Crippen LogP contribution < -0.4 is 5.56 Å². The fraction of sp³-hybridized carbons (Fsp3) is 0.500. The minimum absolute atomic E-state index is 0.0987. The first-order valence-corrected chi connectivity index (χ1v) is 8.66. The van der Waals surface area contributed by atoms with Crippen molar-refractivity contribution >= 4 is 17.2 Å². The number of H-pyrrole nitrogens is 1. The van der Waals surface area contributed by atoms with Gasteiger partial charge < -0.3 is 9.88 Å². The SMILES string of the molecule is Cc1nc(C2CCCN(C(=O)Cc3csc(C)n3)C2)cc(=O)[nH]1. The molecule has 1 N–H and O–H groups in total. The maximum Gasteiger partial charge on any atom is 0.251 e. The molecule has 1 amide bonds. The van der Waals surface area contributed by atoms with Crippen LogP contribution in [0.2, 0.25) is 0 Å². The molecule has 0 aliphatic carbocycles. The summed E-state index contributed by atoms with van der Waals surface area (Å²) in [7, 11) is 0. The molecule has 1 aliphatic heterocycles. The van der Waals surface area contributed by atoms with E-state index in [2.05, 4.69) is 15.0 Å². The number of carbonyl (C=O) groups is 1. The summed E-state index contributed by atoms with van der Waals surface area (Å²) in [4.78, 5) is 37.5. The van der Waals surface area contributed by atoms with Crippen LogP contribution in [0.25, 0.3) is 0 Å². The van der Waals surface area contributed by atoms with Gasteiger partial charge >= 0.3 is 0 Å². The number of carbonyl (C=O) groups excluding carboxylic acids is 1. The van der Waals surface area contributed by atoms with E-state index in [1.165, 1.54) is 0 Å². The van der Waals surface area contributed by atoms with Gasteiger partial charge in [0, 0.05) is 30.5 Å². The van der Waals surface area contributed by atoms with Crippen LogP contribution in [0.4, 0.5) is 0 Å². The predicted octanol–water partition coefficient (Wildman–Crippen LogP) is 1.79. The summed E-state index contributed by atoms with van der Waals surface area (Å²) in [6.07, 6.45) is 2.23. The van der Waals surface area contributed by atoms with E-state index >= 15 is 0 Å². The number of aryl methyl sites for hydroxylation is 2. The van der Waals surface area contributed by atoms with E-state index < -0.39 is 0 Å². The molecule has 2 aromatic heterocycles. The zero-order valence-electron chi connectivity index (χ0n) is 13.3. The van der Waals surface area contributed by atoms with E-state index in [4.69, 9.17) is 0 Å². The van der Waals surface area contributed by atoms with Crippen LogP contribution in [0.3, 0.4) is 0 Å². The molecule has 0 bridgehead atoms. The van der Waals surface area contributed by atoms with E-state index in [1.54, 1.807) is 24.3 Å². The van der Waals surface area contributed by atoms with Crippen molar-refractivity contribution in [3.05, 3.63) is 44.0 Å². The molecular formula is C16H20N4O2S. The van der Waals surface area contributed by atoms with E-state index in [-0.39, 0.29) is 17.4 Å². The molecular weight excluding hydrogens is 312 g/mol. The molecule has 2 aromatic rings. The smallest absolute Gasteiger partial charge is 0.251 e. The third-order valence-electron chi connectivity index (χ3n) is 4.07. The van der Waals surface area contributed by atoms with Gasteiger partial charge in [-0.1, -0.05) is 0 Å². The molecule has 122 valence electrons. The second-order valence-electron chi connectivity index (χ2n) is 5.97. The first-order chi connectivity index (χ1) is 11.0. The number of hydrogen-bond donors (Lipinski definition) is 1. The Morgan fingerprint density at radius 2 is 2.26 bits per heavy atom. The van der Waals surface area contributed by atoms with E-state index in [1.807, 2.05) is 17.2 Å². The van der Waals surface area contributed by atoms with Crippen LogP contribution in [0.5, 0.6) is 0 Å². The highest BCUT2D eigenvalue weighted by Gasteiger charge is 2.26. The van der Waals surface area contributed by atoms with Gasteiger partial charge in [0.25, 0.3) is 5.56 Å². The van der Waals surface area contributed by atoms with Gasteiger partial charge in [0.15, 0.2) is 0 Å². The second kappa shape index (κ2) is 6.62. The molecule has 1 unspecified atom stereocenters. The Morgan fingerprint density at radius 3 is 2.96 bits per heavy atom. The van der Waals surface area contributed by atoms with Gasteiger partial charge in [0.1, 0.15) is 5.82 Å². The molecule has 1 aliphatic rings. The molecule has 7 heteroatoms. The van der Waals surface area contributed by atoms with E-state index in [0.717, 1.165) is 35.8 Å². The first-order valence-electron chi connectivity index (χ1n) is 7.78. The Kier molecular flexibility index (Phi) is 4.56. The average Bonchev–Trinajstić information content (AvgIpc) is 2.91. The zero-order chi connectivity index (χ0) is 16.4. The molecule has 23 heavy (non-hydrogen) atoms. The van der Waals surface area contributed by atoms with E-state index in [0.29, 0.717) is 18.8 Å². The van der Waals surface area contributed by atoms with Crippen molar-refractivity contribution in [2.24, 2.45) is 0 Å². The average molecular weight is 332 g/mol. The number of thiazole rings is 1. The van der Waals surface area contributed by atoms with Gasteiger partial charge in [-0.15, -0.1) is 11.3 Å². The normalized spacial score (nSPS) is 18.2. The number of rotatable bonds is 3. The summed E-state index contributed by atoms with van der Waals surface area (Å²) in [6.45, 7) is 5.11. The Morgan fingerprint density at radius 1 is 1.43 bits per heavy atom. The van der Waals surface area contributed by atoms with Crippen LogP contribution in [0.15, 0.2) is 16.2 Å². The summed E-state index contributed by atoms with van der Waals surface area (Å²) in [5.74, 6) is 0.848. The van der Waals surface area contributed by atoms with Gasteiger partial charge in [-0.25, -0.2) is 9.97 Å².